The van der Waals surface area contributed by atoms with Gasteiger partial charge in [-0.25, -0.2) is 13.7 Å². The van der Waals surface area contributed by atoms with Gasteiger partial charge in [-0.1, -0.05) is 29.2 Å². The molecule has 196 valence electrons. The van der Waals surface area contributed by atoms with Crippen molar-refractivity contribution in [3.05, 3.63) is 105 Å². The monoisotopic (exact) mass is 564 g/mol. The van der Waals surface area contributed by atoms with E-state index in [0.29, 0.717) is 21.2 Å². The molecular weight excluding hydrogens is 546 g/mol. The van der Waals surface area contributed by atoms with Gasteiger partial charge in [0.15, 0.2) is 0 Å². The van der Waals surface area contributed by atoms with Crippen molar-refractivity contribution >= 4 is 52.2 Å². The minimum Gasteiger partial charge on any atom is -0.325 e. The molecular formula is C27H18F2N4O4S2. The normalized spacial score (nSPS) is 20.1. The Kier molecular flexibility index (Phi) is 6.35. The quantitative estimate of drug-likeness (QED) is 0.368. The van der Waals surface area contributed by atoms with E-state index in [9.17, 15) is 28.0 Å². The van der Waals surface area contributed by atoms with Crippen molar-refractivity contribution in [1.29, 1.82) is 0 Å². The molecule has 8 nitrogen and oxygen atoms in total. The number of thioether (sulfide) groups is 1. The first kappa shape index (κ1) is 25.1. The Hall–Kier alpha value is -4.16. The lowest BCUT2D eigenvalue weighted by Gasteiger charge is -2.30. The Labute approximate surface area is 228 Å². The summed E-state index contributed by atoms with van der Waals surface area (Å²) >= 11 is 1.99. The number of anilines is 2. The van der Waals surface area contributed by atoms with E-state index in [0.717, 1.165) is 28.0 Å². The number of fused-ring (bicyclic) bond motifs is 2. The molecule has 0 spiro atoms. The third-order valence-electron chi connectivity index (χ3n) is 6.61. The van der Waals surface area contributed by atoms with E-state index in [1.165, 1.54) is 53.1 Å². The molecule has 1 fully saturated rings. The lowest BCUT2D eigenvalue weighted by atomic mass is 9.84. The van der Waals surface area contributed by atoms with Crippen LogP contribution in [0.5, 0.6) is 0 Å². The number of nitrogens with one attached hydrogen (secondary N) is 1. The number of imide groups is 1. The maximum atomic E-state index is 13.7. The van der Waals surface area contributed by atoms with Crippen LogP contribution in [0.1, 0.15) is 16.4 Å². The fourth-order valence-electron chi connectivity index (χ4n) is 4.90. The molecule has 1 saturated heterocycles. The number of amides is 3. The van der Waals surface area contributed by atoms with Gasteiger partial charge in [0.25, 0.3) is 0 Å². The molecule has 4 heterocycles. The van der Waals surface area contributed by atoms with Gasteiger partial charge in [0.05, 0.1) is 16.6 Å². The summed E-state index contributed by atoms with van der Waals surface area (Å²) in [4.78, 5) is 58.7. The van der Waals surface area contributed by atoms with E-state index < -0.39 is 51.3 Å². The first-order valence-electron chi connectivity index (χ1n) is 11.8. The Morgan fingerprint density at radius 3 is 2.31 bits per heavy atom. The minimum atomic E-state index is -0.874. The number of hydrogen-bond acceptors (Lipinski definition) is 7. The number of carbonyl (C=O) groups is 3. The fraction of sp³-hybridized carbons (Fsp3) is 0.148. The number of halogens is 2. The predicted molar refractivity (Wildman–Crippen MR) is 142 cm³/mol. The van der Waals surface area contributed by atoms with Crippen LogP contribution in [0.4, 0.5) is 20.2 Å². The maximum absolute atomic E-state index is 13.7. The van der Waals surface area contributed by atoms with Gasteiger partial charge in [0.1, 0.15) is 23.4 Å². The Balaban J connectivity index is 1.39. The van der Waals surface area contributed by atoms with Gasteiger partial charge in [0, 0.05) is 28.9 Å². The first-order valence-corrected chi connectivity index (χ1v) is 13.5. The molecule has 2 aromatic carbocycles. The third kappa shape index (κ3) is 4.45. The van der Waals surface area contributed by atoms with E-state index in [2.05, 4.69) is 10.3 Å². The molecule has 3 atom stereocenters. The van der Waals surface area contributed by atoms with Crippen molar-refractivity contribution in [1.82, 2.24) is 9.55 Å². The van der Waals surface area contributed by atoms with E-state index >= 15 is 0 Å². The summed E-state index contributed by atoms with van der Waals surface area (Å²) in [7, 11) is 0. The van der Waals surface area contributed by atoms with E-state index in [1.807, 2.05) is 0 Å². The molecule has 3 amide bonds. The topological polar surface area (TPSA) is 101 Å². The number of thiazole rings is 1. The number of carbonyl (C=O) groups excluding carboxylic acids is 3. The lowest BCUT2D eigenvalue weighted by molar-refractivity contribution is -0.122. The van der Waals surface area contributed by atoms with Gasteiger partial charge in [-0.3, -0.25) is 28.7 Å². The number of benzene rings is 2. The molecule has 0 aliphatic carbocycles. The smallest absolute Gasteiger partial charge is 0.308 e. The number of rotatable bonds is 5. The standard InChI is InChI=1S/C27H18F2N4O4S2/c28-15-3-7-17(8-4-15)31-19(34)13-32-26-23(39-27(32)37)20(14-2-1-11-30-12-14)21-22(38-26)25(36)33(24(21)35)18-9-5-16(29)6-10-18/h1-12,20-22H,13H2,(H,31,34). The van der Waals surface area contributed by atoms with Crippen LogP contribution in [0.2, 0.25) is 0 Å². The molecule has 2 aromatic heterocycles. The summed E-state index contributed by atoms with van der Waals surface area (Å²) in [6.45, 7) is -0.337. The largest absolute Gasteiger partial charge is 0.325 e. The zero-order valence-corrected chi connectivity index (χ0v) is 21.5. The molecule has 0 bridgehead atoms. The molecule has 2 aliphatic heterocycles. The predicted octanol–water partition coefficient (Wildman–Crippen LogP) is 4.02. The highest BCUT2D eigenvalue weighted by atomic mass is 32.2. The van der Waals surface area contributed by atoms with Gasteiger partial charge in [0.2, 0.25) is 17.7 Å². The van der Waals surface area contributed by atoms with Crippen molar-refractivity contribution in [2.75, 3.05) is 10.2 Å². The summed E-state index contributed by atoms with van der Waals surface area (Å²) in [5, 5.41) is 2.19. The molecule has 4 aromatic rings. The van der Waals surface area contributed by atoms with E-state index in [1.54, 1.807) is 24.5 Å². The molecule has 2 aliphatic rings. The van der Waals surface area contributed by atoms with Crippen molar-refractivity contribution < 1.29 is 23.2 Å². The molecule has 6 rings (SSSR count). The van der Waals surface area contributed by atoms with Gasteiger partial charge >= 0.3 is 4.87 Å². The second-order valence-corrected chi connectivity index (χ2v) is 11.1. The van der Waals surface area contributed by atoms with Crippen LogP contribution < -0.4 is 15.1 Å². The van der Waals surface area contributed by atoms with Crippen LogP contribution in [0.25, 0.3) is 0 Å². The number of pyridine rings is 1. The van der Waals surface area contributed by atoms with E-state index in [-0.39, 0.29) is 12.2 Å². The Morgan fingerprint density at radius 2 is 1.64 bits per heavy atom. The minimum absolute atomic E-state index is 0.255. The van der Waals surface area contributed by atoms with Crippen molar-refractivity contribution in [3.8, 4) is 0 Å². The Morgan fingerprint density at radius 1 is 0.949 bits per heavy atom. The molecule has 0 radical (unpaired) electrons. The first-order chi connectivity index (χ1) is 18.8. The molecule has 0 saturated carbocycles. The highest BCUT2D eigenvalue weighted by molar-refractivity contribution is 8.00. The zero-order valence-electron chi connectivity index (χ0n) is 19.9. The maximum Gasteiger partial charge on any atom is 0.308 e. The van der Waals surface area contributed by atoms with Gasteiger partial charge < -0.3 is 5.32 Å². The van der Waals surface area contributed by atoms with Crippen LogP contribution >= 0.6 is 23.1 Å². The van der Waals surface area contributed by atoms with Crippen molar-refractivity contribution in [2.24, 2.45) is 5.92 Å². The second-order valence-electron chi connectivity index (χ2n) is 9.00. The number of nitrogens with zero attached hydrogens (tertiary/aromatic N) is 3. The fourth-order valence-corrected chi connectivity index (χ4v) is 7.67. The lowest BCUT2D eigenvalue weighted by Crippen LogP contribution is -2.33. The second kappa shape index (κ2) is 9.86. The van der Waals surface area contributed by atoms with Crippen LogP contribution in [0.15, 0.2) is 82.9 Å². The molecule has 1 N–H and O–H groups in total. The van der Waals surface area contributed by atoms with Gasteiger partial charge in [-0.2, -0.15) is 0 Å². The van der Waals surface area contributed by atoms with Crippen LogP contribution in [0.3, 0.4) is 0 Å². The molecule has 3 unspecified atom stereocenters. The molecule has 12 heteroatoms. The zero-order chi connectivity index (χ0) is 27.3. The van der Waals surface area contributed by atoms with Crippen molar-refractivity contribution in [2.45, 2.75) is 22.7 Å². The van der Waals surface area contributed by atoms with Crippen LogP contribution in [-0.2, 0) is 20.9 Å². The summed E-state index contributed by atoms with van der Waals surface area (Å²) in [5.41, 5.74) is 1.28. The summed E-state index contributed by atoms with van der Waals surface area (Å²) in [6.07, 6.45) is 3.18. The summed E-state index contributed by atoms with van der Waals surface area (Å²) in [6, 6.07) is 13.8. The van der Waals surface area contributed by atoms with Crippen LogP contribution in [0, 0.1) is 17.6 Å². The number of hydrogen-bond donors (Lipinski definition) is 1. The average Bonchev–Trinajstić information content (AvgIpc) is 3.37. The third-order valence-corrected chi connectivity index (χ3v) is 9.21. The summed E-state index contributed by atoms with van der Waals surface area (Å²) < 4.78 is 28.1. The van der Waals surface area contributed by atoms with Gasteiger partial charge in [-0.15, -0.1) is 0 Å². The Bertz CT molecular complexity index is 1660. The van der Waals surface area contributed by atoms with Crippen LogP contribution in [-0.4, -0.2) is 32.5 Å². The number of aromatic nitrogens is 2. The highest BCUT2D eigenvalue weighted by Crippen LogP contribution is 2.53. The molecule has 39 heavy (non-hydrogen) atoms. The summed E-state index contributed by atoms with van der Waals surface area (Å²) in [5.74, 6) is -3.87. The highest BCUT2D eigenvalue weighted by Gasteiger charge is 2.56. The SMILES string of the molecule is O=C(Cn1c2c(sc1=O)C(c1cccnc1)C1C(=O)N(c3ccc(F)cc3)C(=O)C1S2)Nc1ccc(F)cc1. The average molecular weight is 565 g/mol. The van der Waals surface area contributed by atoms with Gasteiger partial charge in [-0.05, 0) is 60.2 Å². The van der Waals surface area contributed by atoms with Crippen molar-refractivity contribution in [3.63, 3.8) is 0 Å². The van der Waals surface area contributed by atoms with E-state index in [4.69, 9.17) is 0 Å².